The highest BCUT2D eigenvalue weighted by molar-refractivity contribution is 7.96. The molecule has 0 atom stereocenters. The maximum Gasteiger partial charge on any atom is 0.271 e. The van der Waals surface area contributed by atoms with Crippen molar-refractivity contribution in [1.82, 2.24) is 4.98 Å². The number of hydrogen-bond acceptors (Lipinski definition) is 4. The minimum Gasteiger partial charge on any atom is -0.436 e. The van der Waals surface area contributed by atoms with Crippen molar-refractivity contribution in [3.8, 4) is 0 Å². The second-order valence-corrected chi connectivity index (χ2v) is 2.32. The van der Waals surface area contributed by atoms with E-state index in [4.69, 9.17) is 9.56 Å². The van der Waals surface area contributed by atoms with E-state index in [2.05, 4.69) is 4.98 Å². The molecule has 3 nitrogen and oxygen atoms in total. The summed E-state index contributed by atoms with van der Waals surface area (Å²) in [5.74, 6) is 0.836. The van der Waals surface area contributed by atoms with E-state index in [9.17, 15) is 0 Å². The van der Waals surface area contributed by atoms with Crippen LogP contribution in [0, 0.1) is 13.8 Å². The van der Waals surface area contributed by atoms with Gasteiger partial charge < -0.3 is 4.42 Å². The van der Waals surface area contributed by atoms with Gasteiger partial charge in [-0.25, -0.2) is 4.98 Å². The summed E-state index contributed by atoms with van der Waals surface area (Å²) in [4.78, 5) is 4.00. The minimum atomic E-state index is 0.532. The zero-order chi connectivity index (χ0) is 6.85. The first kappa shape index (κ1) is 6.64. The Morgan fingerprint density at radius 1 is 1.56 bits per heavy atom. The lowest BCUT2D eigenvalue weighted by Gasteiger charge is -1.79. The molecular weight excluding hydrogens is 136 g/mol. The summed E-state index contributed by atoms with van der Waals surface area (Å²) in [6.07, 6.45) is 0. The average molecular weight is 144 g/mol. The fraction of sp³-hybridized carbons (Fsp3) is 0.400. The molecule has 0 aromatic carbocycles. The van der Waals surface area contributed by atoms with Crippen LogP contribution in [0.2, 0.25) is 0 Å². The Labute approximate surface area is 57.8 Å². The Hall–Kier alpha value is -0.480. The van der Waals surface area contributed by atoms with Gasteiger partial charge in [0.25, 0.3) is 5.22 Å². The van der Waals surface area contributed by atoms with Crippen LogP contribution in [0.25, 0.3) is 0 Å². The first-order valence-electron chi connectivity index (χ1n) is 2.55. The van der Waals surface area contributed by atoms with Crippen LogP contribution in [0.3, 0.4) is 0 Å². The summed E-state index contributed by atoms with van der Waals surface area (Å²) in [6, 6.07) is 0. The van der Waals surface area contributed by atoms with E-state index in [1.807, 2.05) is 13.8 Å². The average Bonchev–Trinajstić information content (AvgIpc) is 2.13. The molecule has 1 aromatic heterocycles. The molecule has 2 N–H and O–H groups in total. The van der Waals surface area contributed by atoms with Gasteiger partial charge in [-0.3, -0.25) is 5.14 Å². The number of hydrogen-bond donors (Lipinski definition) is 1. The summed E-state index contributed by atoms with van der Waals surface area (Å²) in [5.41, 5.74) is 0.906. The third kappa shape index (κ3) is 1.25. The zero-order valence-corrected chi connectivity index (χ0v) is 6.16. The normalized spacial score (nSPS) is 10.1. The molecule has 0 radical (unpaired) electrons. The monoisotopic (exact) mass is 144 g/mol. The van der Waals surface area contributed by atoms with Crippen LogP contribution >= 0.6 is 11.9 Å². The van der Waals surface area contributed by atoms with E-state index in [1.54, 1.807) is 0 Å². The molecule has 1 aromatic rings. The first-order chi connectivity index (χ1) is 4.24. The van der Waals surface area contributed by atoms with Gasteiger partial charge in [-0.2, -0.15) is 0 Å². The Kier molecular flexibility index (Phi) is 1.78. The van der Waals surface area contributed by atoms with Crippen LogP contribution < -0.4 is 5.14 Å². The highest BCUT2D eigenvalue weighted by Crippen LogP contribution is 2.14. The predicted octanol–water partition coefficient (Wildman–Crippen LogP) is 1.26. The van der Waals surface area contributed by atoms with Gasteiger partial charge in [-0.1, -0.05) is 0 Å². The maximum atomic E-state index is 5.19. The Balaban J connectivity index is 2.98. The van der Waals surface area contributed by atoms with Gasteiger partial charge in [0.05, 0.1) is 5.69 Å². The third-order valence-corrected chi connectivity index (χ3v) is 1.49. The van der Waals surface area contributed by atoms with E-state index < -0.39 is 0 Å². The minimum absolute atomic E-state index is 0.532. The van der Waals surface area contributed by atoms with Crippen molar-refractivity contribution in [3.05, 3.63) is 11.5 Å². The molecule has 0 aliphatic rings. The van der Waals surface area contributed by atoms with Crippen LogP contribution in [0.15, 0.2) is 9.64 Å². The fourth-order valence-electron chi connectivity index (χ4n) is 0.494. The molecule has 9 heavy (non-hydrogen) atoms. The topological polar surface area (TPSA) is 52.0 Å². The molecule has 0 spiro atoms. The molecular formula is C5H8N2OS. The molecule has 0 bridgehead atoms. The van der Waals surface area contributed by atoms with Crippen LogP contribution in [0.5, 0.6) is 0 Å². The molecule has 0 aliphatic carbocycles. The molecule has 4 heteroatoms. The summed E-state index contributed by atoms with van der Waals surface area (Å²) >= 11 is 1.03. The second-order valence-electron chi connectivity index (χ2n) is 1.74. The van der Waals surface area contributed by atoms with Gasteiger partial charge in [0.15, 0.2) is 0 Å². The van der Waals surface area contributed by atoms with Gasteiger partial charge in [-0.15, -0.1) is 0 Å². The summed E-state index contributed by atoms with van der Waals surface area (Å²) in [5, 5.41) is 5.72. The van der Waals surface area contributed by atoms with E-state index in [0.29, 0.717) is 5.22 Å². The number of nitrogens with zero attached hydrogens (tertiary/aromatic N) is 1. The molecule has 0 aliphatic heterocycles. The number of rotatable bonds is 1. The van der Waals surface area contributed by atoms with Crippen molar-refractivity contribution in [2.45, 2.75) is 19.1 Å². The Bertz CT molecular complexity index is 189. The van der Waals surface area contributed by atoms with Crippen molar-refractivity contribution in [1.29, 1.82) is 0 Å². The van der Waals surface area contributed by atoms with E-state index in [0.717, 1.165) is 23.4 Å². The molecule has 0 fully saturated rings. The lowest BCUT2D eigenvalue weighted by Crippen LogP contribution is -1.77. The Morgan fingerprint density at radius 2 is 2.22 bits per heavy atom. The largest absolute Gasteiger partial charge is 0.436 e. The van der Waals surface area contributed by atoms with Gasteiger partial charge in [0.2, 0.25) is 0 Å². The van der Waals surface area contributed by atoms with Crippen LogP contribution in [0.4, 0.5) is 0 Å². The molecule has 0 saturated carbocycles. The van der Waals surface area contributed by atoms with Crippen LogP contribution in [-0.4, -0.2) is 4.98 Å². The fourth-order valence-corrected chi connectivity index (χ4v) is 0.856. The molecule has 1 rings (SSSR count). The lowest BCUT2D eigenvalue weighted by molar-refractivity contribution is 0.431. The highest BCUT2D eigenvalue weighted by Gasteiger charge is 2.02. The maximum absolute atomic E-state index is 5.19. The van der Waals surface area contributed by atoms with Gasteiger partial charge in [-0.05, 0) is 13.8 Å². The summed E-state index contributed by atoms with van der Waals surface area (Å²) < 4.78 is 5.09. The number of aryl methyl sites for hydroxylation is 2. The molecule has 0 unspecified atom stereocenters. The standard InChI is InChI=1S/C5H8N2OS/c1-3-4(2)8-5(7-3)9-6/h6H2,1-2H3. The predicted molar refractivity (Wildman–Crippen MR) is 36.0 cm³/mol. The lowest BCUT2D eigenvalue weighted by atomic mass is 10.4. The number of oxazole rings is 1. The third-order valence-electron chi connectivity index (χ3n) is 1.11. The van der Waals surface area contributed by atoms with Crippen molar-refractivity contribution >= 4 is 11.9 Å². The zero-order valence-electron chi connectivity index (χ0n) is 5.34. The molecule has 50 valence electrons. The van der Waals surface area contributed by atoms with Gasteiger partial charge in [0, 0.05) is 11.9 Å². The molecule has 0 saturated heterocycles. The van der Waals surface area contributed by atoms with Crippen molar-refractivity contribution in [3.63, 3.8) is 0 Å². The summed E-state index contributed by atoms with van der Waals surface area (Å²) in [6.45, 7) is 3.75. The second kappa shape index (κ2) is 2.41. The van der Waals surface area contributed by atoms with E-state index in [-0.39, 0.29) is 0 Å². The molecule has 0 amide bonds. The van der Waals surface area contributed by atoms with Crippen LogP contribution in [-0.2, 0) is 0 Å². The van der Waals surface area contributed by atoms with Gasteiger partial charge >= 0.3 is 0 Å². The van der Waals surface area contributed by atoms with E-state index in [1.165, 1.54) is 0 Å². The first-order valence-corrected chi connectivity index (χ1v) is 3.42. The number of nitrogens with two attached hydrogens (primary N) is 1. The van der Waals surface area contributed by atoms with Crippen LogP contribution in [0.1, 0.15) is 11.5 Å². The van der Waals surface area contributed by atoms with Gasteiger partial charge in [0.1, 0.15) is 5.76 Å². The van der Waals surface area contributed by atoms with Crippen molar-refractivity contribution in [2.24, 2.45) is 5.14 Å². The number of aromatic nitrogens is 1. The highest BCUT2D eigenvalue weighted by atomic mass is 32.2. The molecule has 1 heterocycles. The van der Waals surface area contributed by atoms with Crippen molar-refractivity contribution < 1.29 is 4.42 Å². The van der Waals surface area contributed by atoms with Crippen molar-refractivity contribution in [2.75, 3.05) is 0 Å². The summed E-state index contributed by atoms with van der Waals surface area (Å²) in [7, 11) is 0. The van der Waals surface area contributed by atoms with E-state index >= 15 is 0 Å². The Morgan fingerprint density at radius 3 is 2.44 bits per heavy atom. The quantitative estimate of drug-likeness (QED) is 0.603. The smallest absolute Gasteiger partial charge is 0.271 e. The SMILES string of the molecule is Cc1nc(SN)oc1C.